The fourth-order valence-electron chi connectivity index (χ4n) is 3.24. The summed E-state index contributed by atoms with van der Waals surface area (Å²) in [4.78, 5) is 24.0. The summed E-state index contributed by atoms with van der Waals surface area (Å²) in [6.45, 7) is 2.61. The monoisotopic (exact) mass is 355 g/mol. The lowest BCUT2D eigenvalue weighted by Crippen LogP contribution is -2.33. The van der Waals surface area contributed by atoms with E-state index in [4.69, 9.17) is 4.74 Å². The van der Waals surface area contributed by atoms with Crippen LogP contribution < -0.4 is 9.64 Å². The van der Waals surface area contributed by atoms with Gasteiger partial charge in [0.15, 0.2) is 0 Å². The highest BCUT2D eigenvalue weighted by molar-refractivity contribution is 5.92. The predicted molar refractivity (Wildman–Crippen MR) is 97.9 cm³/mol. The van der Waals surface area contributed by atoms with Crippen molar-refractivity contribution in [2.24, 2.45) is 0 Å². The molecule has 0 saturated heterocycles. The average Bonchev–Trinajstić information content (AvgIpc) is 2.64. The second-order valence-electron chi connectivity index (χ2n) is 6.48. The zero-order valence-electron chi connectivity index (χ0n) is 14.8. The van der Waals surface area contributed by atoms with Crippen LogP contribution in [0.4, 0.5) is 10.1 Å². The number of hydrogen-bond acceptors (Lipinski definition) is 3. The van der Waals surface area contributed by atoms with E-state index >= 15 is 0 Å². The highest BCUT2D eigenvalue weighted by Gasteiger charge is 2.20. The van der Waals surface area contributed by atoms with E-state index < -0.39 is 0 Å². The molecule has 4 nitrogen and oxygen atoms in total. The minimum Gasteiger partial charge on any atom is -0.489 e. The molecular weight excluding hydrogens is 333 g/mol. The van der Waals surface area contributed by atoms with E-state index in [1.165, 1.54) is 11.6 Å². The molecule has 0 spiro atoms. The van der Waals surface area contributed by atoms with Crippen LogP contribution in [0.5, 0.6) is 5.75 Å². The zero-order valence-corrected chi connectivity index (χ0v) is 14.8. The normalized spacial score (nSPS) is 13.2. The van der Waals surface area contributed by atoms with Crippen LogP contribution in [-0.4, -0.2) is 18.7 Å². The van der Waals surface area contributed by atoms with Gasteiger partial charge in [-0.25, -0.2) is 4.39 Å². The number of rotatable bonds is 6. The topological polar surface area (TPSA) is 46.6 Å². The van der Waals surface area contributed by atoms with E-state index in [2.05, 4.69) is 0 Å². The second-order valence-corrected chi connectivity index (χ2v) is 6.48. The van der Waals surface area contributed by atoms with Crippen molar-refractivity contribution < 1.29 is 18.7 Å². The number of nitrogens with zero attached hydrogens (tertiary/aromatic N) is 1. The van der Waals surface area contributed by atoms with Crippen LogP contribution in [0.3, 0.4) is 0 Å². The fourth-order valence-corrected chi connectivity index (χ4v) is 3.24. The first-order valence-electron chi connectivity index (χ1n) is 8.83. The van der Waals surface area contributed by atoms with Crippen molar-refractivity contribution in [3.05, 3.63) is 58.9 Å². The third-order valence-corrected chi connectivity index (χ3v) is 4.61. The van der Waals surface area contributed by atoms with Gasteiger partial charge in [0, 0.05) is 31.6 Å². The van der Waals surface area contributed by atoms with E-state index in [0.29, 0.717) is 30.8 Å². The van der Waals surface area contributed by atoms with Crippen LogP contribution in [0, 0.1) is 5.82 Å². The van der Waals surface area contributed by atoms with Crippen molar-refractivity contribution in [3.63, 3.8) is 0 Å². The van der Waals surface area contributed by atoms with Gasteiger partial charge in [0.1, 0.15) is 24.5 Å². The van der Waals surface area contributed by atoms with Gasteiger partial charge in [-0.05, 0) is 48.1 Å². The number of anilines is 1. The summed E-state index contributed by atoms with van der Waals surface area (Å²) in [5, 5.41) is 0. The SMILES string of the molecule is CC(=O)N1CCCc2ccc(COc3ccc(CCC=O)c(F)c3)cc21. The smallest absolute Gasteiger partial charge is 0.223 e. The summed E-state index contributed by atoms with van der Waals surface area (Å²) in [6.07, 6.45) is 3.41. The molecule has 0 atom stereocenters. The minimum atomic E-state index is -0.363. The molecule has 0 fully saturated rings. The van der Waals surface area contributed by atoms with Crippen LogP contribution >= 0.6 is 0 Å². The number of benzene rings is 2. The van der Waals surface area contributed by atoms with E-state index in [-0.39, 0.29) is 11.7 Å². The third kappa shape index (κ3) is 4.10. The maximum atomic E-state index is 14.0. The molecule has 1 heterocycles. The highest BCUT2D eigenvalue weighted by Crippen LogP contribution is 2.29. The molecule has 26 heavy (non-hydrogen) atoms. The maximum absolute atomic E-state index is 14.0. The van der Waals surface area contributed by atoms with Crippen molar-refractivity contribution in [2.75, 3.05) is 11.4 Å². The van der Waals surface area contributed by atoms with Gasteiger partial charge in [-0.1, -0.05) is 18.2 Å². The first-order chi connectivity index (χ1) is 12.6. The Hall–Kier alpha value is -2.69. The Balaban J connectivity index is 1.70. The molecule has 136 valence electrons. The summed E-state index contributed by atoms with van der Waals surface area (Å²) in [5.74, 6) is 0.119. The number of carbonyl (C=O) groups excluding carboxylic acids is 2. The number of amides is 1. The van der Waals surface area contributed by atoms with E-state index in [0.717, 1.165) is 36.9 Å². The Morgan fingerprint density at radius 2 is 2.12 bits per heavy atom. The van der Waals surface area contributed by atoms with Gasteiger partial charge in [0.2, 0.25) is 5.91 Å². The molecule has 0 aromatic heterocycles. The van der Waals surface area contributed by atoms with Crippen LogP contribution in [0.25, 0.3) is 0 Å². The number of aryl methyl sites for hydroxylation is 2. The molecule has 0 radical (unpaired) electrons. The Morgan fingerprint density at radius 1 is 1.27 bits per heavy atom. The third-order valence-electron chi connectivity index (χ3n) is 4.61. The highest BCUT2D eigenvalue weighted by atomic mass is 19.1. The summed E-state index contributed by atoms with van der Waals surface area (Å²) >= 11 is 0. The number of halogens is 1. The molecule has 5 heteroatoms. The Morgan fingerprint density at radius 3 is 2.85 bits per heavy atom. The summed E-state index contributed by atoms with van der Waals surface area (Å²) < 4.78 is 19.7. The molecule has 1 aliphatic rings. The average molecular weight is 355 g/mol. The second kappa shape index (κ2) is 8.13. The van der Waals surface area contributed by atoms with E-state index in [9.17, 15) is 14.0 Å². The summed E-state index contributed by atoms with van der Waals surface area (Å²) in [7, 11) is 0. The maximum Gasteiger partial charge on any atom is 0.223 e. The Bertz CT molecular complexity index is 819. The lowest BCUT2D eigenvalue weighted by atomic mass is 9.99. The molecule has 0 aliphatic carbocycles. The molecule has 0 N–H and O–H groups in total. The Labute approximate surface area is 152 Å². The van der Waals surface area contributed by atoms with Gasteiger partial charge in [-0.15, -0.1) is 0 Å². The molecular formula is C21H22FNO3. The lowest BCUT2D eigenvalue weighted by molar-refractivity contribution is -0.116. The molecule has 0 unspecified atom stereocenters. The molecule has 1 aliphatic heterocycles. The van der Waals surface area contributed by atoms with Crippen molar-refractivity contribution in [1.29, 1.82) is 0 Å². The largest absolute Gasteiger partial charge is 0.489 e. The van der Waals surface area contributed by atoms with Crippen molar-refractivity contribution in [1.82, 2.24) is 0 Å². The van der Waals surface area contributed by atoms with Crippen LogP contribution in [0.15, 0.2) is 36.4 Å². The molecule has 2 aromatic carbocycles. The molecule has 2 aromatic rings. The Kier molecular flexibility index (Phi) is 5.66. The van der Waals surface area contributed by atoms with Crippen molar-refractivity contribution in [3.8, 4) is 5.75 Å². The van der Waals surface area contributed by atoms with Gasteiger partial charge in [0.05, 0.1) is 0 Å². The minimum absolute atomic E-state index is 0.0389. The predicted octanol–water partition coefficient (Wildman–Crippen LogP) is 3.84. The summed E-state index contributed by atoms with van der Waals surface area (Å²) in [6, 6.07) is 10.7. The zero-order chi connectivity index (χ0) is 18.5. The van der Waals surface area contributed by atoms with Gasteiger partial charge < -0.3 is 14.4 Å². The number of fused-ring (bicyclic) bond motifs is 1. The molecule has 0 saturated carbocycles. The quantitative estimate of drug-likeness (QED) is 0.740. The lowest BCUT2D eigenvalue weighted by Gasteiger charge is -2.29. The first kappa shape index (κ1) is 18.1. The van der Waals surface area contributed by atoms with Crippen LogP contribution in [-0.2, 0) is 29.0 Å². The number of hydrogen-bond donors (Lipinski definition) is 0. The van der Waals surface area contributed by atoms with Gasteiger partial charge in [-0.3, -0.25) is 4.79 Å². The van der Waals surface area contributed by atoms with E-state index in [1.807, 2.05) is 18.2 Å². The molecule has 3 rings (SSSR count). The van der Waals surface area contributed by atoms with Crippen molar-refractivity contribution >= 4 is 17.9 Å². The number of carbonyl (C=O) groups is 2. The van der Waals surface area contributed by atoms with Crippen molar-refractivity contribution in [2.45, 2.75) is 39.2 Å². The van der Waals surface area contributed by atoms with Crippen LogP contribution in [0.2, 0.25) is 0 Å². The van der Waals surface area contributed by atoms with Crippen LogP contribution in [0.1, 0.15) is 36.5 Å². The van der Waals surface area contributed by atoms with Gasteiger partial charge >= 0.3 is 0 Å². The van der Waals surface area contributed by atoms with Gasteiger partial charge in [-0.2, -0.15) is 0 Å². The van der Waals surface area contributed by atoms with Gasteiger partial charge in [0.25, 0.3) is 0 Å². The first-order valence-corrected chi connectivity index (χ1v) is 8.83. The summed E-state index contributed by atoms with van der Waals surface area (Å²) in [5.41, 5.74) is 3.55. The number of aldehydes is 1. The standard InChI is InChI=1S/C21H22FNO3/c1-15(25)23-10-2-4-18-7-6-16(12-21(18)23)14-26-19-9-8-17(5-3-11-24)20(22)13-19/h6-9,11-13H,2-5,10,14H2,1H3. The number of ether oxygens (including phenoxy) is 1. The fraction of sp³-hybridized carbons (Fsp3) is 0.333. The van der Waals surface area contributed by atoms with E-state index in [1.54, 1.807) is 24.0 Å². The molecule has 1 amide bonds. The molecule has 0 bridgehead atoms.